The summed E-state index contributed by atoms with van der Waals surface area (Å²) in [5.41, 5.74) is -0.0343. The number of nitrogens with one attached hydrogen (secondary N) is 1. The maximum Gasteiger partial charge on any atom is 0.109 e. The molecule has 0 aromatic carbocycles. The molecule has 1 saturated carbocycles. The van der Waals surface area contributed by atoms with Crippen molar-refractivity contribution in [2.45, 2.75) is 36.7 Å². The summed E-state index contributed by atoms with van der Waals surface area (Å²) in [7, 11) is 1.58. The Kier molecular flexibility index (Phi) is 1.88. The van der Waals surface area contributed by atoms with Crippen molar-refractivity contribution in [3.05, 3.63) is 0 Å². The monoisotopic (exact) mass is 173 g/mol. The number of β-amino-alcohol motifs (C(OH)–C–C–N with tert-alkyl or cyclic N) is 1. The topological polar surface area (TPSA) is 61.7 Å². The molecule has 0 amide bonds. The van der Waals surface area contributed by atoms with Gasteiger partial charge in [-0.25, -0.2) is 0 Å². The summed E-state index contributed by atoms with van der Waals surface area (Å²) in [6, 6.07) is 0. The zero-order chi connectivity index (χ0) is 8.77. The Morgan fingerprint density at radius 2 is 2.08 bits per heavy atom. The Hall–Kier alpha value is -0.160. The predicted molar refractivity (Wildman–Crippen MR) is 42.8 cm³/mol. The van der Waals surface area contributed by atoms with Crippen LogP contribution in [0.25, 0.3) is 0 Å². The van der Waals surface area contributed by atoms with Crippen molar-refractivity contribution in [3.63, 3.8) is 0 Å². The van der Waals surface area contributed by atoms with E-state index in [1.54, 1.807) is 7.11 Å². The van der Waals surface area contributed by atoms with E-state index >= 15 is 0 Å². The van der Waals surface area contributed by atoms with Crippen molar-refractivity contribution in [2.75, 3.05) is 13.7 Å². The Morgan fingerprint density at radius 1 is 1.42 bits per heavy atom. The van der Waals surface area contributed by atoms with Gasteiger partial charge in [-0.2, -0.15) is 0 Å². The molecule has 0 aromatic heterocycles. The molecule has 3 N–H and O–H groups in total. The molecule has 0 bridgehead atoms. The van der Waals surface area contributed by atoms with Gasteiger partial charge in [0.05, 0.1) is 6.10 Å². The van der Waals surface area contributed by atoms with Crippen molar-refractivity contribution in [1.82, 2.24) is 5.32 Å². The molecule has 12 heavy (non-hydrogen) atoms. The van der Waals surface area contributed by atoms with Crippen LogP contribution in [0.1, 0.15) is 12.8 Å². The lowest BCUT2D eigenvalue weighted by Gasteiger charge is -2.38. The molecule has 0 radical (unpaired) electrons. The third-order valence-electron chi connectivity index (χ3n) is 2.95. The fraction of sp³-hybridized carbons (Fsp3) is 1.00. The summed E-state index contributed by atoms with van der Waals surface area (Å²) in [6.45, 7) is 0.473. The summed E-state index contributed by atoms with van der Waals surface area (Å²) in [5, 5.41) is 22.2. The van der Waals surface area contributed by atoms with Crippen LogP contribution in [-0.2, 0) is 4.74 Å². The molecule has 3 unspecified atom stereocenters. The van der Waals surface area contributed by atoms with E-state index in [4.69, 9.17) is 4.74 Å². The SMILES string of the molecule is COC1C(O)C(O)CNC12CC2. The van der Waals surface area contributed by atoms with Gasteiger partial charge in [0, 0.05) is 19.2 Å². The van der Waals surface area contributed by atoms with Gasteiger partial charge >= 0.3 is 0 Å². The van der Waals surface area contributed by atoms with Crippen LogP contribution in [0.15, 0.2) is 0 Å². The van der Waals surface area contributed by atoms with Gasteiger partial charge in [-0.1, -0.05) is 0 Å². The van der Waals surface area contributed by atoms with E-state index < -0.39 is 12.2 Å². The molecule has 3 atom stereocenters. The molecular weight excluding hydrogens is 158 g/mol. The van der Waals surface area contributed by atoms with E-state index in [9.17, 15) is 10.2 Å². The molecule has 70 valence electrons. The van der Waals surface area contributed by atoms with Gasteiger partial charge in [0.1, 0.15) is 12.2 Å². The number of aliphatic hydroxyl groups excluding tert-OH is 2. The van der Waals surface area contributed by atoms with Crippen LogP contribution in [0, 0.1) is 0 Å². The zero-order valence-corrected chi connectivity index (χ0v) is 7.16. The molecule has 1 heterocycles. The third-order valence-corrected chi connectivity index (χ3v) is 2.95. The van der Waals surface area contributed by atoms with Crippen LogP contribution in [0.5, 0.6) is 0 Å². The van der Waals surface area contributed by atoms with Crippen molar-refractivity contribution in [2.24, 2.45) is 0 Å². The van der Waals surface area contributed by atoms with E-state index in [1.165, 1.54) is 0 Å². The van der Waals surface area contributed by atoms with Gasteiger partial charge in [0.25, 0.3) is 0 Å². The predicted octanol–water partition coefficient (Wildman–Crippen LogP) is -1.14. The standard InChI is InChI=1S/C8H15NO3/c1-12-7-6(11)5(10)4-9-8(7)2-3-8/h5-7,9-11H,2-4H2,1H3. The van der Waals surface area contributed by atoms with Crippen molar-refractivity contribution < 1.29 is 14.9 Å². The molecule has 1 aliphatic carbocycles. The summed E-state index contributed by atoms with van der Waals surface area (Å²) in [5.74, 6) is 0. The highest BCUT2D eigenvalue weighted by Gasteiger charge is 2.56. The quantitative estimate of drug-likeness (QED) is 0.469. The lowest BCUT2D eigenvalue weighted by Crippen LogP contribution is -2.61. The highest BCUT2D eigenvalue weighted by molar-refractivity contribution is 5.14. The number of rotatable bonds is 1. The van der Waals surface area contributed by atoms with E-state index in [-0.39, 0.29) is 11.6 Å². The molecule has 2 rings (SSSR count). The lowest BCUT2D eigenvalue weighted by atomic mass is 9.94. The normalized spacial score (nSPS) is 44.8. The molecule has 4 heteroatoms. The van der Waals surface area contributed by atoms with E-state index in [0.717, 1.165) is 12.8 Å². The number of aliphatic hydroxyl groups is 2. The fourth-order valence-corrected chi connectivity index (χ4v) is 2.02. The minimum absolute atomic E-state index is 0.0343. The molecule has 2 aliphatic rings. The second kappa shape index (κ2) is 2.67. The lowest BCUT2D eigenvalue weighted by molar-refractivity contribution is -0.115. The van der Waals surface area contributed by atoms with E-state index in [1.807, 2.05) is 0 Å². The van der Waals surface area contributed by atoms with Gasteiger partial charge in [0.2, 0.25) is 0 Å². The highest BCUT2D eigenvalue weighted by atomic mass is 16.5. The molecule has 4 nitrogen and oxygen atoms in total. The minimum Gasteiger partial charge on any atom is -0.389 e. The van der Waals surface area contributed by atoms with Crippen molar-refractivity contribution >= 4 is 0 Å². The molecule has 0 aromatic rings. The number of ether oxygens (including phenoxy) is 1. The summed E-state index contributed by atoms with van der Waals surface area (Å²) in [6.07, 6.45) is 0.395. The number of hydrogen-bond donors (Lipinski definition) is 3. The smallest absolute Gasteiger partial charge is 0.109 e. The molecule has 2 fully saturated rings. The maximum absolute atomic E-state index is 9.60. The van der Waals surface area contributed by atoms with Crippen LogP contribution < -0.4 is 5.32 Å². The Morgan fingerprint density at radius 3 is 2.58 bits per heavy atom. The second-order valence-electron chi connectivity index (χ2n) is 3.75. The van der Waals surface area contributed by atoms with Crippen molar-refractivity contribution in [1.29, 1.82) is 0 Å². The summed E-state index contributed by atoms with van der Waals surface area (Å²) >= 11 is 0. The Labute approximate surface area is 71.5 Å². The average Bonchev–Trinajstić information content (AvgIpc) is 2.81. The Bertz CT molecular complexity index is 181. The summed E-state index contributed by atoms with van der Waals surface area (Å²) < 4.78 is 5.18. The number of piperidine rings is 1. The maximum atomic E-state index is 9.60. The average molecular weight is 173 g/mol. The molecule has 1 aliphatic heterocycles. The highest BCUT2D eigenvalue weighted by Crippen LogP contribution is 2.43. The molecule has 1 spiro atoms. The first-order valence-corrected chi connectivity index (χ1v) is 4.33. The fourth-order valence-electron chi connectivity index (χ4n) is 2.02. The largest absolute Gasteiger partial charge is 0.389 e. The van der Waals surface area contributed by atoms with Crippen LogP contribution in [0.2, 0.25) is 0 Å². The van der Waals surface area contributed by atoms with Gasteiger partial charge in [-0.05, 0) is 12.8 Å². The van der Waals surface area contributed by atoms with Crippen LogP contribution in [-0.4, -0.2) is 47.7 Å². The van der Waals surface area contributed by atoms with Gasteiger partial charge in [-0.3, -0.25) is 0 Å². The van der Waals surface area contributed by atoms with Gasteiger partial charge in [0.15, 0.2) is 0 Å². The molecular formula is C8H15NO3. The van der Waals surface area contributed by atoms with Gasteiger partial charge in [-0.15, -0.1) is 0 Å². The number of methoxy groups -OCH3 is 1. The van der Waals surface area contributed by atoms with Crippen molar-refractivity contribution in [3.8, 4) is 0 Å². The van der Waals surface area contributed by atoms with E-state index in [2.05, 4.69) is 5.32 Å². The minimum atomic E-state index is -0.737. The van der Waals surface area contributed by atoms with E-state index in [0.29, 0.717) is 6.54 Å². The second-order valence-corrected chi connectivity index (χ2v) is 3.75. The van der Waals surface area contributed by atoms with Gasteiger partial charge < -0.3 is 20.3 Å². The van der Waals surface area contributed by atoms with Crippen LogP contribution in [0.3, 0.4) is 0 Å². The zero-order valence-electron chi connectivity index (χ0n) is 7.16. The first-order chi connectivity index (χ1) is 5.69. The number of hydrogen-bond acceptors (Lipinski definition) is 4. The first-order valence-electron chi connectivity index (χ1n) is 4.33. The molecule has 1 saturated heterocycles. The van der Waals surface area contributed by atoms with Crippen LogP contribution in [0.4, 0.5) is 0 Å². The third kappa shape index (κ3) is 1.07. The van der Waals surface area contributed by atoms with Crippen LogP contribution >= 0.6 is 0 Å². The first kappa shape index (κ1) is 8.44. The summed E-state index contributed by atoms with van der Waals surface area (Å²) in [4.78, 5) is 0. The Balaban J connectivity index is 2.11.